The highest BCUT2D eigenvalue weighted by molar-refractivity contribution is 7.89. The van der Waals surface area contributed by atoms with Crippen LogP contribution in [0, 0.1) is 23.0 Å². The van der Waals surface area contributed by atoms with Crippen molar-refractivity contribution in [3.8, 4) is 11.5 Å². The lowest BCUT2D eigenvalue weighted by atomic mass is 9.85. The molecule has 3 aromatic carbocycles. The Morgan fingerprint density at radius 3 is 2.22 bits per heavy atom. The second kappa shape index (κ2) is 16.7. The van der Waals surface area contributed by atoms with Crippen molar-refractivity contribution in [1.29, 1.82) is 0 Å². The van der Waals surface area contributed by atoms with Crippen molar-refractivity contribution in [2.75, 3.05) is 26.4 Å². The van der Waals surface area contributed by atoms with Gasteiger partial charge in [0.25, 0.3) is 0 Å². The average molecular weight is 717 g/mol. The van der Waals surface area contributed by atoms with Crippen molar-refractivity contribution < 1.29 is 41.4 Å². The summed E-state index contributed by atoms with van der Waals surface area (Å²) >= 11 is 0. The highest BCUT2D eigenvalue weighted by Gasteiger charge is 2.37. The van der Waals surface area contributed by atoms with Crippen molar-refractivity contribution in [2.45, 2.75) is 70.7 Å². The molecule has 3 unspecified atom stereocenters. The molecule has 3 atom stereocenters. The SMILES string of the molecule is CC(C)CN(CC(O)C(Cc1ccccc1)NC(=O)C(NC(=O)CNCc1c(F)cccc1F)C(C)(C)C)S(=O)(=O)c1ccc2c(c1)OCO2. The first-order chi connectivity index (χ1) is 23.6. The summed E-state index contributed by atoms with van der Waals surface area (Å²) in [5.41, 5.74) is -0.228. The number of nitrogens with one attached hydrogen (secondary N) is 3. The zero-order valence-corrected chi connectivity index (χ0v) is 29.7. The number of fused-ring (bicyclic) bond motifs is 1. The van der Waals surface area contributed by atoms with Crippen LogP contribution in [0.3, 0.4) is 0 Å². The molecule has 50 heavy (non-hydrogen) atoms. The van der Waals surface area contributed by atoms with E-state index in [4.69, 9.17) is 9.47 Å². The van der Waals surface area contributed by atoms with Gasteiger partial charge in [-0.3, -0.25) is 9.59 Å². The van der Waals surface area contributed by atoms with Crippen LogP contribution in [-0.4, -0.2) is 74.3 Å². The van der Waals surface area contributed by atoms with Gasteiger partial charge in [-0.2, -0.15) is 4.31 Å². The predicted molar refractivity (Wildman–Crippen MR) is 184 cm³/mol. The van der Waals surface area contributed by atoms with Gasteiger partial charge in [0.1, 0.15) is 17.7 Å². The molecule has 1 heterocycles. The van der Waals surface area contributed by atoms with E-state index < -0.39 is 57.1 Å². The predicted octanol–water partition coefficient (Wildman–Crippen LogP) is 3.75. The lowest BCUT2D eigenvalue weighted by molar-refractivity contribution is -0.132. The number of amides is 2. The number of halogens is 2. The molecule has 11 nitrogen and oxygen atoms in total. The molecule has 1 aliphatic heterocycles. The first kappa shape index (κ1) is 38.7. The molecule has 14 heteroatoms. The van der Waals surface area contributed by atoms with Crippen LogP contribution in [0.2, 0.25) is 0 Å². The van der Waals surface area contributed by atoms with E-state index in [1.807, 2.05) is 44.2 Å². The number of aliphatic hydroxyl groups excluding tert-OH is 1. The van der Waals surface area contributed by atoms with Gasteiger partial charge in [-0.05, 0) is 47.6 Å². The van der Waals surface area contributed by atoms with Gasteiger partial charge in [0.05, 0.1) is 23.6 Å². The topological polar surface area (TPSA) is 146 Å². The van der Waals surface area contributed by atoms with Crippen molar-refractivity contribution >= 4 is 21.8 Å². The molecule has 3 aromatic rings. The molecule has 0 spiro atoms. The van der Waals surface area contributed by atoms with Gasteiger partial charge >= 0.3 is 0 Å². The highest BCUT2D eigenvalue weighted by atomic mass is 32.2. The van der Waals surface area contributed by atoms with Crippen LogP contribution in [-0.2, 0) is 32.6 Å². The second-order valence-corrected chi connectivity index (χ2v) is 15.7. The molecule has 0 saturated carbocycles. The van der Waals surface area contributed by atoms with Crippen LogP contribution < -0.4 is 25.4 Å². The molecule has 4 rings (SSSR count). The largest absolute Gasteiger partial charge is 0.454 e. The molecular weight excluding hydrogens is 670 g/mol. The van der Waals surface area contributed by atoms with E-state index in [0.717, 1.165) is 17.7 Å². The van der Waals surface area contributed by atoms with Crippen LogP contribution in [0.5, 0.6) is 11.5 Å². The molecular formula is C36H46F2N4O7S. The zero-order chi connectivity index (χ0) is 36.6. The Bertz CT molecular complexity index is 1720. The molecule has 0 saturated heterocycles. The average Bonchev–Trinajstić information content (AvgIpc) is 3.52. The fourth-order valence-corrected chi connectivity index (χ4v) is 7.14. The van der Waals surface area contributed by atoms with E-state index >= 15 is 0 Å². The number of carbonyl (C=O) groups excluding carboxylic acids is 2. The van der Waals surface area contributed by atoms with E-state index in [1.165, 1.54) is 28.6 Å². The number of carbonyl (C=O) groups is 2. The summed E-state index contributed by atoms with van der Waals surface area (Å²) in [6.45, 7) is 8.14. The standard InChI is InChI=1S/C36H46F2N4O7S/c1-23(2)20-42(50(46,47)25-14-15-31-32(17-25)49-22-48-31)21-30(43)29(16-24-10-7-6-8-11-24)40-35(45)34(36(3,4)5)41-33(44)19-39-18-26-27(37)12-9-13-28(26)38/h6-15,17,23,29-30,34,39,43H,16,18-22H2,1-5H3,(H,40,45)(H,41,44). The van der Waals surface area contributed by atoms with Crippen LogP contribution >= 0.6 is 0 Å². The molecule has 0 fully saturated rings. The number of hydrogen-bond donors (Lipinski definition) is 4. The normalized spacial score (nSPS) is 14.8. The molecule has 0 aliphatic carbocycles. The van der Waals surface area contributed by atoms with Crippen LogP contribution in [0.4, 0.5) is 8.78 Å². The van der Waals surface area contributed by atoms with E-state index in [2.05, 4.69) is 16.0 Å². The number of aliphatic hydroxyl groups is 1. The quantitative estimate of drug-likeness (QED) is 0.176. The summed E-state index contributed by atoms with van der Waals surface area (Å²) in [6, 6.07) is 14.9. The Hall–Kier alpha value is -4.11. The van der Waals surface area contributed by atoms with Gasteiger partial charge in [0.15, 0.2) is 11.5 Å². The molecule has 1 aliphatic rings. The summed E-state index contributed by atoms with van der Waals surface area (Å²) in [4.78, 5) is 26.8. The molecule has 2 amide bonds. The third-order valence-electron chi connectivity index (χ3n) is 8.11. The number of benzene rings is 3. The Morgan fingerprint density at radius 2 is 1.58 bits per heavy atom. The maximum Gasteiger partial charge on any atom is 0.243 e. The summed E-state index contributed by atoms with van der Waals surface area (Å²) < 4.78 is 67.8. The monoisotopic (exact) mass is 716 g/mol. The fourth-order valence-electron chi connectivity index (χ4n) is 5.51. The number of ether oxygens (including phenoxy) is 2. The summed E-state index contributed by atoms with van der Waals surface area (Å²) in [7, 11) is -4.12. The fraction of sp³-hybridized carbons (Fsp3) is 0.444. The molecule has 0 bridgehead atoms. The molecule has 0 radical (unpaired) electrons. The molecule has 0 aromatic heterocycles. The maximum atomic E-state index is 14.0. The Balaban J connectivity index is 1.52. The van der Waals surface area contributed by atoms with Gasteiger partial charge in [0.2, 0.25) is 28.6 Å². The Kier molecular flexibility index (Phi) is 12.9. The maximum absolute atomic E-state index is 14.0. The second-order valence-electron chi connectivity index (χ2n) is 13.8. The van der Waals surface area contributed by atoms with Crippen LogP contribution in [0.25, 0.3) is 0 Å². The molecule has 272 valence electrons. The summed E-state index contributed by atoms with van der Waals surface area (Å²) in [6.07, 6.45) is -1.20. The number of hydrogen-bond acceptors (Lipinski definition) is 8. The number of rotatable bonds is 16. The number of nitrogens with zero attached hydrogens (tertiary/aromatic N) is 1. The third-order valence-corrected chi connectivity index (χ3v) is 9.94. The number of sulfonamides is 1. The van der Waals surface area contributed by atoms with Gasteiger partial charge in [-0.1, -0.05) is 71.0 Å². The van der Waals surface area contributed by atoms with Crippen LogP contribution in [0.1, 0.15) is 45.7 Å². The zero-order valence-electron chi connectivity index (χ0n) is 28.9. The molecule has 4 N–H and O–H groups in total. The Labute approximate surface area is 292 Å². The van der Waals surface area contributed by atoms with E-state index in [1.54, 1.807) is 20.8 Å². The summed E-state index contributed by atoms with van der Waals surface area (Å²) in [5, 5.41) is 20.0. The lowest BCUT2D eigenvalue weighted by Gasteiger charge is -2.34. The first-order valence-corrected chi connectivity index (χ1v) is 17.9. The van der Waals surface area contributed by atoms with Crippen LogP contribution in [0.15, 0.2) is 71.6 Å². The minimum absolute atomic E-state index is 0.0195. The van der Waals surface area contributed by atoms with Crippen molar-refractivity contribution in [3.63, 3.8) is 0 Å². The van der Waals surface area contributed by atoms with E-state index in [0.29, 0.717) is 11.5 Å². The smallest absolute Gasteiger partial charge is 0.243 e. The summed E-state index contributed by atoms with van der Waals surface area (Å²) in [5.74, 6) is -2.05. The highest BCUT2D eigenvalue weighted by Crippen LogP contribution is 2.35. The third kappa shape index (κ3) is 10.2. The first-order valence-electron chi connectivity index (χ1n) is 16.4. The van der Waals surface area contributed by atoms with Crippen molar-refractivity contribution in [2.24, 2.45) is 11.3 Å². The van der Waals surface area contributed by atoms with Crippen molar-refractivity contribution in [3.05, 3.63) is 89.5 Å². The Morgan fingerprint density at radius 1 is 0.920 bits per heavy atom. The lowest BCUT2D eigenvalue weighted by Crippen LogP contribution is -2.59. The van der Waals surface area contributed by atoms with E-state index in [-0.39, 0.29) is 55.8 Å². The van der Waals surface area contributed by atoms with Gasteiger partial charge in [-0.25, -0.2) is 17.2 Å². The van der Waals surface area contributed by atoms with Gasteiger partial charge in [0, 0.05) is 31.3 Å². The minimum atomic E-state index is -4.12. The van der Waals surface area contributed by atoms with Gasteiger partial charge < -0.3 is 30.5 Å². The van der Waals surface area contributed by atoms with Crippen molar-refractivity contribution in [1.82, 2.24) is 20.3 Å². The van der Waals surface area contributed by atoms with E-state index in [9.17, 15) is 31.9 Å². The minimum Gasteiger partial charge on any atom is -0.454 e. The van der Waals surface area contributed by atoms with Gasteiger partial charge in [-0.15, -0.1) is 0 Å².